The summed E-state index contributed by atoms with van der Waals surface area (Å²) in [5.41, 5.74) is 0. The molecule has 1 fully saturated rings. The van der Waals surface area contributed by atoms with Crippen LogP contribution in [0.3, 0.4) is 0 Å². The molecule has 0 N–H and O–H groups in total. The molecule has 0 aromatic heterocycles. The fraction of sp³-hybridized carbons (Fsp3) is 1.00. The van der Waals surface area contributed by atoms with E-state index in [0.717, 1.165) is 19.3 Å². The fourth-order valence-electron chi connectivity index (χ4n) is 1.65. The highest BCUT2D eigenvalue weighted by atomic mass is 35.5. The van der Waals surface area contributed by atoms with Crippen LogP contribution in [-0.4, -0.2) is 18.6 Å². The molecule has 1 aliphatic carbocycles. The Morgan fingerprint density at radius 2 is 2.10 bits per heavy atom. The largest absolute Gasteiger partial charge is 0.381 e. The van der Waals surface area contributed by atoms with E-state index in [1.807, 2.05) is 0 Å². The molecule has 0 radical (unpaired) electrons. The van der Waals surface area contributed by atoms with Gasteiger partial charge in [0.1, 0.15) is 0 Å². The molecule has 0 aromatic rings. The summed E-state index contributed by atoms with van der Waals surface area (Å²) in [5, 5.41) is 0.390. The van der Waals surface area contributed by atoms with Crippen molar-refractivity contribution in [3.63, 3.8) is 0 Å². The molecular weight excluding hydrogens is 148 g/mol. The van der Waals surface area contributed by atoms with Crippen LogP contribution in [0.5, 0.6) is 0 Å². The third-order valence-corrected chi connectivity index (χ3v) is 2.73. The minimum absolute atomic E-state index is 0.390. The second-order valence-corrected chi connectivity index (χ2v) is 3.78. The second kappa shape index (κ2) is 3.59. The first-order chi connectivity index (χ1) is 4.74. The zero-order valence-electron chi connectivity index (χ0n) is 6.64. The second-order valence-electron chi connectivity index (χ2n) is 3.16. The summed E-state index contributed by atoms with van der Waals surface area (Å²) in [4.78, 5) is 0. The van der Waals surface area contributed by atoms with Gasteiger partial charge in [-0.2, -0.15) is 0 Å². The lowest BCUT2D eigenvalue weighted by Gasteiger charge is -2.30. The van der Waals surface area contributed by atoms with Crippen molar-refractivity contribution in [2.24, 2.45) is 5.92 Å². The van der Waals surface area contributed by atoms with Gasteiger partial charge in [-0.15, -0.1) is 11.6 Å². The normalized spacial score (nSPS) is 41.7. The number of hydrogen-bond acceptors (Lipinski definition) is 1. The number of rotatable bonds is 1. The molecule has 0 saturated heterocycles. The van der Waals surface area contributed by atoms with Gasteiger partial charge >= 0.3 is 0 Å². The topological polar surface area (TPSA) is 9.23 Å². The van der Waals surface area contributed by atoms with Crippen molar-refractivity contribution in [3.8, 4) is 0 Å². The van der Waals surface area contributed by atoms with Crippen LogP contribution < -0.4 is 0 Å². The van der Waals surface area contributed by atoms with Crippen LogP contribution >= 0.6 is 11.6 Å². The molecule has 0 heterocycles. The molecular formula is C8H15ClO. The van der Waals surface area contributed by atoms with Crippen LogP contribution in [-0.2, 0) is 4.74 Å². The van der Waals surface area contributed by atoms with Gasteiger partial charge < -0.3 is 4.74 Å². The Morgan fingerprint density at radius 1 is 1.40 bits per heavy atom. The van der Waals surface area contributed by atoms with Crippen LogP contribution in [0.1, 0.15) is 26.2 Å². The molecule has 0 aliphatic heterocycles. The van der Waals surface area contributed by atoms with Crippen LogP contribution in [0, 0.1) is 5.92 Å². The summed E-state index contributed by atoms with van der Waals surface area (Å²) < 4.78 is 5.29. The average Bonchev–Trinajstić information content (AvgIpc) is 1.88. The average molecular weight is 163 g/mol. The van der Waals surface area contributed by atoms with E-state index in [0.29, 0.717) is 17.4 Å². The highest BCUT2D eigenvalue weighted by Gasteiger charge is 2.25. The molecule has 1 rings (SSSR count). The molecule has 1 saturated carbocycles. The van der Waals surface area contributed by atoms with E-state index in [1.54, 1.807) is 7.11 Å². The summed E-state index contributed by atoms with van der Waals surface area (Å²) in [6.45, 7) is 2.21. The van der Waals surface area contributed by atoms with E-state index < -0.39 is 0 Å². The minimum atomic E-state index is 0.390. The lowest BCUT2D eigenvalue weighted by atomic mass is 9.88. The third kappa shape index (κ3) is 1.86. The van der Waals surface area contributed by atoms with Gasteiger partial charge in [0.15, 0.2) is 0 Å². The third-order valence-electron chi connectivity index (χ3n) is 2.33. The van der Waals surface area contributed by atoms with Gasteiger partial charge in [-0.1, -0.05) is 6.92 Å². The Labute approximate surface area is 67.7 Å². The van der Waals surface area contributed by atoms with E-state index >= 15 is 0 Å². The Kier molecular flexibility index (Phi) is 2.99. The van der Waals surface area contributed by atoms with Crippen molar-refractivity contribution in [2.75, 3.05) is 7.11 Å². The van der Waals surface area contributed by atoms with Crippen molar-refractivity contribution in [1.82, 2.24) is 0 Å². The zero-order chi connectivity index (χ0) is 7.56. The molecule has 2 heteroatoms. The van der Waals surface area contributed by atoms with Crippen LogP contribution in [0.15, 0.2) is 0 Å². The van der Waals surface area contributed by atoms with Gasteiger partial charge in [0.2, 0.25) is 0 Å². The van der Waals surface area contributed by atoms with Crippen molar-refractivity contribution in [1.29, 1.82) is 0 Å². The van der Waals surface area contributed by atoms with Crippen molar-refractivity contribution in [2.45, 2.75) is 37.7 Å². The van der Waals surface area contributed by atoms with Gasteiger partial charge in [0.05, 0.1) is 6.10 Å². The van der Waals surface area contributed by atoms with Gasteiger partial charge in [-0.05, 0) is 25.2 Å². The molecule has 1 nitrogen and oxygen atoms in total. The quantitative estimate of drug-likeness (QED) is 0.539. The molecule has 3 atom stereocenters. The van der Waals surface area contributed by atoms with E-state index in [-0.39, 0.29) is 0 Å². The number of halogens is 1. The maximum Gasteiger partial charge on any atom is 0.0597 e. The number of ether oxygens (including phenoxy) is 1. The van der Waals surface area contributed by atoms with E-state index in [9.17, 15) is 0 Å². The predicted molar refractivity (Wildman–Crippen MR) is 43.5 cm³/mol. The van der Waals surface area contributed by atoms with Gasteiger partial charge in [0.25, 0.3) is 0 Å². The summed E-state index contributed by atoms with van der Waals surface area (Å²) >= 11 is 5.98. The van der Waals surface area contributed by atoms with Gasteiger partial charge in [-0.25, -0.2) is 0 Å². The van der Waals surface area contributed by atoms with Crippen LogP contribution in [0.25, 0.3) is 0 Å². The first-order valence-electron chi connectivity index (χ1n) is 3.91. The summed E-state index contributed by atoms with van der Waals surface area (Å²) in [7, 11) is 1.79. The molecule has 0 amide bonds. The smallest absolute Gasteiger partial charge is 0.0597 e. The summed E-state index contributed by atoms with van der Waals surface area (Å²) in [5.74, 6) is 0.640. The Bertz CT molecular complexity index is 105. The lowest BCUT2D eigenvalue weighted by Crippen LogP contribution is -2.28. The summed E-state index contributed by atoms with van der Waals surface area (Å²) in [6, 6.07) is 0. The van der Waals surface area contributed by atoms with Crippen LogP contribution in [0.4, 0.5) is 0 Å². The molecule has 0 spiro atoms. The Morgan fingerprint density at radius 3 is 2.60 bits per heavy atom. The lowest BCUT2D eigenvalue weighted by molar-refractivity contribution is 0.0321. The SMILES string of the molecule is COC1CCC(Cl)CC1C. The highest BCUT2D eigenvalue weighted by molar-refractivity contribution is 6.20. The van der Waals surface area contributed by atoms with Crippen molar-refractivity contribution < 1.29 is 4.74 Å². The van der Waals surface area contributed by atoms with E-state index in [2.05, 4.69) is 6.92 Å². The maximum atomic E-state index is 5.98. The molecule has 0 bridgehead atoms. The number of methoxy groups -OCH3 is 1. The number of alkyl halides is 1. The molecule has 0 aromatic carbocycles. The number of hydrogen-bond donors (Lipinski definition) is 0. The molecule has 10 heavy (non-hydrogen) atoms. The minimum Gasteiger partial charge on any atom is -0.381 e. The molecule has 60 valence electrons. The van der Waals surface area contributed by atoms with Crippen LogP contribution in [0.2, 0.25) is 0 Å². The Balaban J connectivity index is 2.36. The predicted octanol–water partition coefficient (Wildman–Crippen LogP) is 2.43. The Hall–Kier alpha value is 0.250. The highest BCUT2D eigenvalue weighted by Crippen LogP contribution is 2.29. The van der Waals surface area contributed by atoms with Gasteiger partial charge in [0, 0.05) is 12.5 Å². The molecule has 1 aliphatic rings. The zero-order valence-corrected chi connectivity index (χ0v) is 7.40. The van der Waals surface area contributed by atoms with Gasteiger partial charge in [-0.3, -0.25) is 0 Å². The monoisotopic (exact) mass is 162 g/mol. The molecule has 3 unspecified atom stereocenters. The van der Waals surface area contributed by atoms with E-state index in [4.69, 9.17) is 16.3 Å². The maximum absolute atomic E-state index is 5.98. The van der Waals surface area contributed by atoms with Crippen molar-refractivity contribution in [3.05, 3.63) is 0 Å². The van der Waals surface area contributed by atoms with Crippen molar-refractivity contribution >= 4 is 11.6 Å². The van der Waals surface area contributed by atoms with E-state index in [1.165, 1.54) is 0 Å². The standard InChI is InChI=1S/C8H15ClO/c1-6-5-7(9)3-4-8(6)10-2/h6-8H,3-5H2,1-2H3. The fourth-order valence-corrected chi connectivity index (χ4v) is 2.06. The first kappa shape index (κ1) is 8.35. The summed E-state index contributed by atoms with van der Waals surface area (Å²) in [6.07, 6.45) is 3.81. The first-order valence-corrected chi connectivity index (χ1v) is 4.34.